The molecule has 5 rings (SSSR count). The minimum atomic E-state index is -1.23. The third kappa shape index (κ3) is 7.72. The van der Waals surface area contributed by atoms with Crippen LogP contribution in [0.15, 0.2) is 60.7 Å². The van der Waals surface area contributed by atoms with Crippen molar-refractivity contribution in [3.63, 3.8) is 0 Å². The Kier molecular flexibility index (Phi) is 10.4. The molecule has 2 fully saturated rings. The maximum absolute atomic E-state index is 14.3. The van der Waals surface area contributed by atoms with Crippen LogP contribution in [0.25, 0.3) is 0 Å². The van der Waals surface area contributed by atoms with Gasteiger partial charge in [0.2, 0.25) is 5.91 Å². The summed E-state index contributed by atoms with van der Waals surface area (Å²) in [6.07, 6.45) is 6.88. The van der Waals surface area contributed by atoms with Gasteiger partial charge in [0.25, 0.3) is 5.69 Å². The predicted octanol–water partition coefficient (Wildman–Crippen LogP) is 4.39. The Morgan fingerprint density at radius 2 is 1.81 bits per heavy atom. The molecule has 1 saturated carbocycles. The van der Waals surface area contributed by atoms with Crippen molar-refractivity contribution in [1.82, 2.24) is 15.1 Å². The molecule has 4 unspecified atom stereocenters. The molecule has 2 aliphatic heterocycles. The summed E-state index contributed by atoms with van der Waals surface area (Å²) < 4.78 is 16.4. The average molecular weight is 649 g/mol. The number of fused-ring (bicyclic) bond motifs is 2. The van der Waals surface area contributed by atoms with Crippen LogP contribution in [0.3, 0.4) is 0 Å². The first-order chi connectivity index (χ1) is 22.6. The minimum absolute atomic E-state index is 0.00603. The van der Waals surface area contributed by atoms with E-state index in [-0.39, 0.29) is 49.3 Å². The van der Waals surface area contributed by atoms with Crippen LogP contribution in [0, 0.1) is 16.0 Å². The highest BCUT2D eigenvalue weighted by molar-refractivity contribution is 5.95. The largest absolute Gasteiger partial charge is 0.497 e. The number of hydrogen-bond donors (Lipinski definition) is 1. The van der Waals surface area contributed by atoms with Gasteiger partial charge >= 0.3 is 18.0 Å². The van der Waals surface area contributed by atoms with Crippen molar-refractivity contribution in [3.05, 3.63) is 81.9 Å². The van der Waals surface area contributed by atoms with Gasteiger partial charge in [0, 0.05) is 37.6 Å². The van der Waals surface area contributed by atoms with E-state index in [1.54, 1.807) is 18.9 Å². The fourth-order valence-electron chi connectivity index (χ4n) is 6.17. The van der Waals surface area contributed by atoms with Gasteiger partial charge in [0.1, 0.15) is 23.4 Å². The van der Waals surface area contributed by atoms with Crippen LogP contribution in [0.1, 0.15) is 61.4 Å². The summed E-state index contributed by atoms with van der Waals surface area (Å²) in [5.74, 6) is -1.33. The SMILES string of the molecule is CCOC(=O)C12CC1/C=C/CCCCCN(Cc1ccc(OC)cc1)C(=O)N1CC(OC(=O)c3ccc([N+](=O)[O-])cc3)CC1C(=O)N2. The number of nitrogens with zero attached hydrogens (tertiary/aromatic N) is 3. The van der Waals surface area contributed by atoms with E-state index in [0.29, 0.717) is 18.7 Å². The number of nitro groups is 1. The third-order valence-corrected chi connectivity index (χ3v) is 8.87. The standard InChI is InChI=1S/C34H40N4O9/c1-3-46-32(41)34-20-25(34)9-7-5-4-6-8-18-36(21-23-10-16-27(45-2)17-11-23)33(42)37-22-28(19-29(37)30(39)35-34)47-31(40)24-12-14-26(15-13-24)38(43)44/h7,9-17,25,28-29H,3-6,8,18-22H2,1-2H3,(H,35,39)/b9-7+. The Morgan fingerprint density at radius 3 is 2.49 bits per heavy atom. The Balaban J connectivity index is 1.42. The van der Waals surface area contributed by atoms with Gasteiger partial charge in [-0.05, 0) is 62.4 Å². The highest BCUT2D eigenvalue weighted by Gasteiger charge is 2.62. The molecule has 2 heterocycles. The zero-order chi connectivity index (χ0) is 33.6. The second-order valence-corrected chi connectivity index (χ2v) is 12.1. The van der Waals surface area contributed by atoms with E-state index in [9.17, 15) is 29.3 Å². The number of benzene rings is 2. The van der Waals surface area contributed by atoms with Crippen LogP contribution in [-0.4, -0.2) is 83.1 Å². The first-order valence-electron chi connectivity index (χ1n) is 15.9. The van der Waals surface area contributed by atoms with E-state index in [0.717, 1.165) is 31.2 Å². The molecule has 0 radical (unpaired) electrons. The van der Waals surface area contributed by atoms with E-state index in [1.807, 2.05) is 36.4 Å². The molecular weight excluding hydrogens is 608 g/mol. The number of carbonyl (C=O) groups is 4. The number of non-ortho nitro benzene ring substituents is 1. The number of carbonyl (C=O) groups excluding carboxylic acids is 4. The number of ether oxygens (including phenoxy) is 3. The van der Waals surface area contributed by atoms with E-state index >= 15 is 0 Å². The van der Waals surface area contributed by atoms with Gasteiger partial charge in [0.15, 0.2) is 0 Å². The molecule has 47 heavy (non-hydrogen) atoms. The molecular formula is C34H40N4O9. The van der Waals surface area contributed by atoms with Crippen LogP contribution < -0.4 is 10.1 Å². The minimum Gasteiger partial charge on any atom is -0.497 e. The van der Waals surface area contributed by atoms with Gasteiger partial charge in [-0.1, -0.05) is 30.7 Å². The fraction of sp³-hybridized carbons (Fsp3) is 0.471. The molecule has 1 N–H and O–H groups in total. The predicted molar refractivity (Wildman–Crippen MR) is 169 cm³/mol. The molecule has 0 bridgehead atoms. The molecule has 3 aliphatic rings. The van der Waals surface area contributed by atoms with E-state index in [1.165, 1.54) is 29.2 Å². The Bertz CT molecular complexity index is 1510. The van der Waals surface area contributed by atoms with E-state index in [4.69, 9.17) is 14.2 Å². The summed E-state index contributed by atoms with van der Waals surface area (Å²) in [5, 5.41) is 14.0. The van der Waals surface area contributed by atoms with Crippen molar-refractivity contribution in [2.24, 2.45) is 5.92 Å². The molecule has 0 aromatic heterocycles. The highest BCUT2D eigenvalue weighted by atomic mass is 16.6. The zero-order valence-electron chi connectivity index (χ0n) is 26.6. The van der Waals surface area contributed by atoms with Crippen LogP contribution in [-0.2, 0) is 25.6 Å². The Hall–Kier alpha value is -4.94. The number of urea groups is 1. The monoisotopic (exact) mass is 648 g/mol. The topological polar surface area (TPSA) is 158 Å². The van der Waals surface area contributed by atoms with Crippen molar-refractivity contribution in [3.8, 4) is 5.75 Å². The molecule has 0 spiro atoms. The number of esters is 2. The van der Waals surface area contributed by atoms with Crippen molar-refractivity contribution >= 4 is 29.6 Å². The maximum Gasteiger partial charge on any atom is 0.338 e. The second kappa shape index (κ2) is 14.7. The first-order valence-corrected chi connectivity index (χ1v) is 15.9. The molecule has 2 aromatic carbocycles. The van der Waals surface area contributed by atoms with Gasteiger partial charge in [-0.2, -0.15) is 0 Å². The average Bonchev–Trinajstić information content (AvgIpc) is 3.60. The number of hydrogen-bond acceptors (Lipinski definition) is 9. The zero-order valence-corrected chi connectivity index (χ0v) is 26.6. The van der Waals surface area contributed by atoms with Crippen LogP contribution >= 0.6 is 0 Å². The molecule has 1 aliphatic carbocycles. The highest BCUT2D eigenvalue weighted by Crippen LogP contribution is 2.46. The lowest BCUT2D eigenvalue weighted by molar-refractivity contribution is -0.384. The molecule has 4 atom stereocenters. The van der Waals surface area contributed by atoms with Crippen molar-refractivity contribution < 1.29 is 38.3 Å². The Morgan fingerprint density at radius 1 is 1.06 bits per heavy atom. The quantitative estimate of drug-likeness (QED) is 0.190. The summed E-state index contributed by atoms with van der Waals surface area (Å²) in [4.78, 5) is 68.0. The maximum atomic E-state index is 14.3. The number of nitro benzene ring substituents is 1. The van der Waals surface area contributed by atoms with Crippen molar-refractivity contribution in [2.75, 3.05) is 26.8 Å². The van der Waals surface area contributed by atoms with Gasteiger partial charge in [0.05, 0.1) is 30.7 Å². The second-order valence-electron chi connectivity index (χ2n) is 12.1. The van der Waals surface area contributed by atoms with Gasteiger partial charge < -0.3 is 29.3 Å². The number of nitrogens with one attached hydrogen (secondary N) is 1. The summed E-state index contributed by atoms with van der Waals surface area (Å²) in [7, 11) is 1.58. The van der Waals surface area contributed by atoms with Crippen LogP contribution in [0.5, 0.6) is 5.75 Å². The lowest BCUT2D eigenvalue weighted by atomic mass is 10.1. The van der Waals surface area contributed by atoms with E-state index in [2.05, 4.69) is 5.32 Å². The molecule has 13 heteroatoms. The molecule has 13 nitrogen and oxygen atoms in total. The van der Waals surface area contributed by atoms with Crippen molar-refractivity contribution in [2.45, 2.75) is 69.7 Å². The van der Waals surface area contributed by atoms with Crippen LogP contribution in [0.4, 0.5) is 10.5 Å². The third-order valence-electron chi connectivity index (χ3n) is 8.87. The number of amides is 3. The first kappa shape index (κ1) is 33.4. The van der Waals surface area contributed by atoms with Gasteiger partial charge in [-0.15, -0.1) is 0 Å². The summed E-state index contributed by atoms with van der Waals surface area (Å²) in [6.45, 7) is 2.54. The number of methoxy groups -OCH3 is 1. The Labute approximate surface area is 273 Å². The lowest BCUT2D eigenvalue weighted by Crippen LogP contribution is -2.55. The molecule has 250 valence electrons. The van der Waals surface area contributed by atoms with Gasteiger partial charge in [-0.25, -0.2) is 14.4 Å². The molecule has 2 aromatic rings. The molecule has 3 amide bonds. The smallest absolute Gasteiger partial charge is 0.338 e. The fourth-order valence-corrected chi connectivity index (χ4v) is 6.17. The summed E-state index contributed by atoms with van der Waals surface area (Å²) in [6, 6.07) is 11.0. The van der Waals surface area contributed by atoms with Crippen LogP contribution in [0.2, 0.25) is 0 Å². The molecule has 1 saturated heterocycles. The summed E-state index contributed by atoms with van der Waals surface area (Å²) in [5.41, 5.74) is -0.417. The number of rotatable bonds is 8. The van der Waals surface area contributed by atoms with Gasteiger partial charge in [-0.3, -0.25) is 14.9 Å². The summed E-state index contributed by atoms with van der Waals surface area (Å²) >= 11 is 0. The van der Waals surface area contributed by atoms with E-state index < -0.39 is 40.5 Å². The number of allylic oxidation sites excluding steroid dienone is 1. The van der Waals surface area contributed by atoms with Crippen molar-refractivity contribution in [1.29, 1.82) is 0 Å². The normalized spacial score (nSPS) is 25.3. The lowest BCUT2D eigenvalue weighted by Gasteiger charge is -2.32.